The van der Waals surface area contributed by atoms with Crippen molar-refractivity contribution in [1.29, 1.82) is 0 Å². The summed E-state index contributed by atoms with van der Waals surface area (Å²) < 4.78 is 8.59. The van der Waals surface area contributed by atoms with E-state index in [1.807, 2.05) is 12.1 Å². The molecule has 1 N–H and O–H groups in total. The van der Waals surface area contributed by atoms with Crippen LogP contribution in [0.2, 0.25) is 5.02 Å². The first-order valence-corrected chi connectivity index (χ1v) is 7.88. The van der Waals surface area contributed by atoms with Crippen LogP contribution < -0.4 is 5.32 Å². The van der Waals surface area contributed by atoms with Gasteiger partial charge >= 0.3 is 0 Å². The largest absolute Gasteiger partial charge is 0.378 e. The van der Waals surface area contributed by atoms with Crippen LogP contribution in [0.15, 0.2) is 24.3 Å². The van der Waals surface area contributed by atoms with Gasteiger partial charge in [-0.25, -0.2) is 0 Å². The minimum atomic E-state index is 0.678. The lowest BCUT2D eigenvalue weighted by atomic mass is 10.00. The summed E-state index contributed by atoms with van der Waals surface area (Å²) in [6.45, 7) is 7.14. The van der Waals surface area contributed by atoms with Gasteiger partial charge in [0.1, 0.15) is 11.0 Å². The maximum absolute atomic E-state index is 6.31. The van der Waals surface area contributed by atoms with Crippen LogP contribution in [0.1, 0.15) is 22.3 Å². The van der Waals surface area contributed by atoms with Crippen molar-refractivity contribution in [3.05, 3.63) is 51.5 Å². The van der Waals surface area contributed by atoms with Crippen molar-refractivity contribution < 1.29 is 0 Å². The molecule has 0 saturated carbocycles. The molecule has 5 heteroatoms. The molecule has 1 aromatic heterocycles. The second-order valence-electron chi connectivity index (χ2n) is 5.29. The minimum absolute atomic E-state index is 0.678. The summed E-state index contributed by atoms with van der Waals surface area (Å²) in [5.74, 6) is 0. The third kappa shape index (κ3) is 2.74. The van der Waals surface area contributed by atoms with Crippen molar-refractivity contribution in [2.24, 2.45) is 0 Å². The highest BCUT2D eigenvalue weighted by Gasteiger charge is 2.11. The van der Waals surface area contributed by atoms with Gasteiger partial charge in [-0.3, -0.25) is 0 Å². The Balaban J connectivity index is 1.94. The van der Waals surface area contributed by atoms with E-state index < -0.39 is 0 Å². The van der Waals surface area contributed by atoms with Crippen LogP contribution in [0.25, 0.3) is 11.0 Å². The Bertz CT molecular complexity index is 787. The Morgan fingerprint density at radius 2 is 1.81 bits per heavy atom. The van der Waals surface area contributed by atoms with Crippen molar-refractivity contribution in [3.8, 4) is 0 Å². The number of hydrogen-bond donors (Lipinski definition) is 1. The van der Waals surface area contributed by atoms with Crippen LogP contribution in [0.4, 0.5) is 5.69 Å². The first-order valence-electron chi connectivity index (χ1n) is 6.77. The smallest absolute Gasteiger partial charge is 0.129 e. The number of benzene rings is 2. The average Bonchev–Trinajstić information content (AvgIpc) is 2.88. The molecule has 108 valence electrons. The number of anilines is 1. The quantitative estimate of drug-likeness (QED) is 0.748. The molecule has 1 heterocycles. The molecule has 0 aliphatic rings. The number of aryl methyl sites for hydroxylation is 3. The van der Waals surface area contributed by atoms with Crippen LogP contribution in [0.3, 0.4) is 0 Å². The second kappa shape index (κ2) is 5.62. The Hall–Kier alpha value is -1.65. The highest BCUT2D eigenvalue weighted by atomic mass is 35.5. The Kier molecular flexibility index (Phi) is 3.83. The average molecular weight is 318 g/mol. The molecule has 0 radical (unpaired) electrons. The number of fused-ring (bicyclic) bond motifs is 1. The van der Waals surface area contributed by atoms with Crippen molar-refractivity contribution in [2.45, 2.75) is 27.3 Å². The molecule has 21 heavy (non-hydrogen) atoms. The summed E-state index contributed by atoms with van der Waals surface area (Å²) in [6.07, 6.45) is 0. The highest BCUT2D eigenvalue weighted by Crippen LogP contribution is 2.30. The standard InChI is InChI=1S/C16H16ClN3S/c1-9-6-10(2)12(11(3)7-9)8-18-15-13(17)4-5-14-16(15)20-21-19-14/h4-7,18H,8H2,1-3H3. The van der Waals surface area contributed by atoms with Gasteiger partial charge in [0.2, 0.25) is 0 Å². The van der Waals surface area contributed by atoms with Gasteiger partial charge in [0.25, 0.3) is 0 Å². The normalized spacial score (nSPS) is 11.0. The van der Waals surface area contributed by atoms with E-state index in [-0.39, 0.29) is 0 Å². The first-order chi connectivity index (χ1) is 10.1. The molecule has 0 bridgehead atoms. The summed E-state index contributed by atoms with van der Waals surface area (Å²) >= 11 is 7.51. The zero-order valence-corrected chi connectivity index (χ0v) is 13.8. The lowest BCUT2D eigenvalue weighted by Gasteiger charge is -2.14. The Morgan fingerprint density at radius 3 is 2.52 bits per heavy atom. The van der Waals surface area contributed by atoms with E-state index >= 15 is 0 Å². The molecule has 0 saturated heterocycles. The third-order valence-electron chi connectivity index (χ3n) is 3.66. The van der Waals surface area contributed by atoms with E-state index in [4.69, 9.17) is 11.6 Å². The van der Waals surface area contributed by atoms with Crippen LogP contribution in [0, 0.1) is 20.8 Å². The molecule has 0 spiro atoms. The van der Waals surface area contributed by atoms with Crippen LogP contribution >= 0.6 is 23.3 Å². The number of nitrogens with one attached hydrogen (secondary N) is 1. The second-order valence-corrected chi connectivity index (χ2v) is 6.22. The molecular weight excluding hydrogens is 302 g/mol. The predicted octanol–water partition coefficient (Wildman–Crippen LogP) is 4.88. The van der Waals surface area contributed by atoms with Crippen LogP contribution in [0.5, 0.6) is 0 Å². The Labute approximate surface area is 133 Å². The molecule has 0 amide bonds. The number of aromatic nitrogens is 2. The van der Waals surface area contributed by atoms with E-state index in [2.05, 4.69) is 47.0 Å². The summed E-state index contributed by atoms with van der Waals surface area (Å²) in [4.78, 5) is 0. The Morgan fingerprint density at radius 1 is 1.10 bits per heavy atom. The van der Waals surface area contributed by atoms with Gasteiger partial charge in [-0.05, 0) is 49.6 Å². The zero-order valence-electron chi connectivity index (χ0n) is 12.2. The van der Waals surface area contributed by atoms with Crippen LogP contribution in [-0.2, 0) is 6.54 Å². The fraction of sp³-hybridized carbons (Fsp3) is 0.250. The predicted molar refractivity (Wildman–Crippen MR) is 90.4 cm³/mol. The summed E-state index contributed by atoms with van der Waals surface area (Å²) in [6, 6.07) is 8.17. The summed E-state index contributed by atoms with van der Waals surface area (Å²) in [5, 5.41) is 4.11. The first kappa shape index (κ1) is 14.3. The number of nitrogens with zero attached hydrogens (tertiary/aromatic N) is 2. The van der Waals surface area contributed by atoms with E-state index in [0.717, 1.165) is 23.3 Å². The molecule has 0 aliphatic heterocycles. The monoisotopic (exact) mass is 317 g/mol. The van der Waals surface area contributed by atoms with E-state index in [9.17, 15) is 0 Å². The molecule has 3 rings (SSSR count). The number of rotatable bonds is 3. The third-order valence-corrected chi connectivity index (χ3v) is 4.52. The van der Waals surface area contributed by atoms with Crippen LogP contribution in [-0.4, -0.2) is 8.75 Å². The van der Waals surface area contributed by atoms with E-state index in [1.54, 1.807) is 0 Å². The lowest BCUT2D eigenvalue weighted by molar-refractivity contribution is 1.08. The van der Waals surface area contributed by atoms with Gasteiger partial charge < -0.3 is 5.32 Å². The van der Waals surface area contributed by atoms with Gasteiger partial charge in [-0.1, -0.05) is 29.3 Å². The molecular formula is C16H16ClN3S. The number of halogens is 1. The van der Waals surface area contributed by atoms with Gasteiger partial charge in [0.05, 0.1) is 22.4 Å². The van der Waals surface area contributed by atoms with Gasteiger partial charge in [-0.15, -0.1) is 0 Å². The fourth-order valence-electron chi connectivity index (χ4n) is 2.66. The molecule has 0 fully saturated rings. The SMILES string of the molecule is Cc1cc(C)c(CNc2c(Cl)ccc3nsnc23)c(C)c1. The fourth-order valence-corrected chi connectivity index (χ4v) is 3.42. The van der Waals surface area contributed by atoms with Crippen molar-refractivity contribution in [3.63, 3.8) is 0 Å². The molecule has 0 atom stereocenters. The van der Waals surface area contributed by atoms with E-state index in [0.29, 0.717) is 5.02 Å². The van der Waals surface area contributed by atoms with Gasteiger partial charge in [0, 0.05) is 6.54 Å². The van der Waals surface area contributed by atoms with E-state index in [1.165, 1.54) is 34.0 Å². The molecule has 0 unspecified atom stereocenters. The zero-order chi connectivity index (χ0) is 15.0. The molecule has 3 nitrogen and oxygen atoms in total. The van der Waals surface area contributed by atoms with Crippen molar-refractivity contribution in [2.75, 3.05) is 5.32 Å². The highest BCUT2D eigenvalue weighted by molar-refractivity contribution is 7.00. The molecule has 2 aromatic carbocycles. The molecule has 0 aliphatic carbocycles. The topological polar surface area (TPSA) is 37.8 Å². The van der Waals surface area contributed by atoms with Crippen molar-refractivity contribution >= 4 is 40.0 Å². The number of hydrogen-bond acceptors (Lipinski definition) is 4. The maximum atomic E-state index is 6.31. The molecule has 3 aromatic rings. The summed E-state index contributed by atoms with van der Waals surface area (Å²) in [5.41, 5.74) is 7.76. The lowest BCUT2D eigenvalue weighted by Crippen LogP contribution is -2.05. The van der Waals surface area contributed by atoms with Gasteiger partial charge in [-0.2, -0.15) is 8.75 Å². The minimum Gasteiger partial charge on any atom is -0.378 e. The summed E-state index contributed by atoms with van der Waals surface area (Å²) in [7, 11) is 0. The van der Waals surface area contributed by atoms with Gasteiger partial charge in [0.15, 0.2) is 0 Å². The maximum Gasteiger partial charge on any atom is 0.129 e. The van der Waals surface area contributed by atoms with Crippen molar-refractivity contribution in [1.82, 2.24) is 8.75 Å².